The molecule has 0 amide bonds. The number of rotatable bonds is 7. The molecule has 2 aromatic rings. The molecular weight excluding hydrogens is 266 g/mol. The Bertz CT molecular complexity index is 562. The summed E-state index contributed by atoms with van der Waals surface area (Å²) in [7, 11) is 0. The molecule has 0 spiro atoms. The number of benzene rings is 1. The van der Waals surface area contributed by atoms with Gasteiger partial charge in [0.05, 0.1) is 25.2 Å². The first kappa shape index (κ1) is 14.0. The van der Waals surface area contributed by atoms with Gasteiger partial charge in [0.1, 0.15) is 0 Å². The van der Waals surface area contributed by atoms with Crippen LogP contribution in [0.1, 0.15) is 38.1 Å². The van der Waals surface area contributed by atoms with Gasteiger partial charge in [-0.25, -0.2) is 4.68 Å². The van der Waals surface area contributed by atoms with E-state index in [1.807, 2.05) is 22.9 Å². The van der Waals surface area contributed by atoms with Crippen molar-refractivity contribution in [3.05, 3.63) is 36.2 Å². The van der Waals surface area contributed by atoms with Gasteiger partial charge in [-0.05, 0) is 41.8 Å². The molecule has 0 radical (unpaired) electrons. The summed E-state index contributed by atoms with van der Waals surface area (Å²) in [5.41, 5.74) is 1.09. The average molecular weight is 287 g/mol. The molecule has 1 aliphatic carbocycles. The highest BCUT2D eigenvalue weighted by Crippen LogP contribution is 2.35. The summed E-state index contributed by atoms with van der Waals surface area (Å²) < 4.78 is 1.93. The van der Waals surface area contributed by atoms with E-state index >= 15 is 0 Å². The first-order valence-corrected chi connectivity index (χ1v) is 7.52. The minimum Gasteiger partial charge on any atom is -0.394 e. The van der Waals surface area contributed by atoms with E-state index in [9.17, 15) is 5.11 Å². The Hall–Kier alpha value is -1.95. The smallest absolute Gasteiger partial charge is 0.170 e. The molecule has 0 bridgehead atoms. The van der Waals surface area contributed by atoms with Crippen molar-refractivity contribution < 1.29 is 5.11 Å². The quantitative estimate of drug-likeness (QED) is 0.841. The zero-order chi connectivity index (χ0) is 14.7. The third kappa shape index (κ3) is 3.05. The lowest BCUT2D eigenvalue weighted by atomic mass is 10.1. The van der Waals surface area contributed by atoms with Gasteiger partial charge in [-0.1, -0.05) is 25.1 Å². The summed E-state index contributed by atoms with van der Waals surface area (Å²) in [5.74, 6) is 0.869. The summed E-state index contributed by atoms with van der Waals surface area (Å²) in [6, 6.07) is 10.7. The Kier molecular flexibility index (Phi) is 4.15. The Morgan fingerprint density at radius 3 is 2.71 bits per heavy atom. The number of aromatic nitrogens is 4. The second-order valence-corrected chi connectivity index (χ2v) is 5.48. The van der Waals surface area contributed by atoms with Crippen molar-refractivity contribution in [2.24, 2.45) is 0 Å². The molecule has 112 valence electrons. The van der Waals surface area contributed by atoms with E-state index in [0.29, 0.717) is 12.6 Å². The fraction of sp³-hybridized carbons (Fsp3) is 0.533. The molecule has 6 heteroatoms. The van der Waals surface area contributed by atoms with Crippen LogP contribution in [0.25, 0.3) is 0 Å². The highest BCUT2D eigenvalue weighted by Gasteiger charge is 2.29. The second-order valence-electron chi connectivity index (χ2n) is 5.48. The molecule has 0 aliphatic heterocycles. The maximum absolute atomic E-state index is 9.68. The van der Waals surface area contributed by atoms with E-state index in [2.05, 4.69) is 39.5 Å². The Morgan fingerprint density at radius 1 is 1.33 bits per heavy atom. The summed E-state index contributed by atoms with van der Waals surface area (Å²) in [4.78, 5) is 2.19. The molecule has 1 aromatic heterocycles. The van der Waals surface area contributed by atoms with Crippen molar-refractivity contribution in [2.45, 2.75) is 44.8 Å². The molecule has 1 N–H and O–H groups in total. The van der Waals surface area contributed by atoms with Gasteiger partial charge in [-0.2, -0.15) is 0 Å². The van der Waals surface area contributed by atoms with Gasteiger partial charge in [0, 0.05) is 5.69 Å². The van der Waals surface area contributed by atoms with Crippen molar-refractivity contribution in [1.82, 2.24) is 20.2 Å². The van der Waals surface area contributed by atoms with Crippen LogP contribution in [0.5, 0.6) is 0 Å². The van der Waals surface area contributed by atoms with Gasteiger partial charge in [0.2, 0.25) is 0 Å². The predicted molar refractivity (Wildman–Crippen MR) is 79.9 cm³/mol. The monoisotopic (exact) mass is 287 g/mol. The summed E-state index contributed by atoms with van der Waals surface area (Å²) in [6.07, 6.45) is 3.18. The van der Waals surface area contributed by atoms with Gasteiger partial charge in [0.15, 0.2) is 5.82 Å². The SMILES string of the molecule is CCC(CO)N(Cc1nnnn1C1CC1)c1ccccc1. The van der Waals surface area contributed by atoms with Gasteiger partial charge in [0.25, 0.3) is 0 Å². The predicted octanol–water partition coefficient (Wildman–Crippen LogP) is 1.79. The van der Waals surface area contributed by atoms with Crippen LogP contribution in [0.3, 0.4) is 0 Å². The Balaban J connectivity index is 1.86. The minimum atomic E-state index is 0.0664. The van der Waals surface area contributed by atoms with E-state index in [-0.39, 0.29) is 12.6 Å². The molecule has 0 saturated heterocycles. The first-order chi connectivity index (χ1) is 10.3. The molecular formula is C15H21N5O. The number of tetrazole rings is 1. The molecule has 1 atom stereocenters. The standard InChI is InChI=1S/C15H21N5O/c1-2-12(11-21)19(13-6-4-3-5-7-13)10-15-16-17-18-20(15)14-8-9-14/h3-7,12,14,21H,2,8-11H2,1H3. The van der Waals surface area contributed by atoms with Crippen LogP contribution in [-0.2, 0) is 6.54 Å². The second kappa shape index (κ2) is 6.22. The molecule has 1 saturated carbocycles. The molecule has 1 unspecified atom stereocenters. The van der Waals surface area contributed by atoms with E-state index in [4.69, 9.17) is 0 Å². The molecule has 3 rings (SSSR count). The van der Waals surface area contributed by atoms with E-state index in [1.54, 1.807) is 0 Å². The normalized spacial score (nSPS) is 15.9. The number of hydrogen-bond acceptors (Lipinski definition) is 5. The van der Waals surface area contributed by atoms with Crippen LogP contribution in [0.2, 0.25) is 0 Å². The van der Waals surface area contributed by atoms with Crippen molar-refractivity contribution in [3.63, 3.8) is 0 Å². The van der Waals surface area contributed by atoms with Crippen molar-refractivity contribution >= 4 is 5.69 Å². The number of nitrogens with zero attached hydrogens (tertiary/aromatic N) is 5. The van der Waals surface area contributed by atoms with Crippen LogP contribution in [0.4, 0.5) is 5.69 Å². The number of aliphatic hydroxyl groups is 1. The van der Waals surface area contributed by atoms with Crippen LogP contribution in [-0.4, -0.2) is 38.0 Å². The van der Waals surface area contributed by atoms with Gasteiger partial charge < -0.3 is 10.0 Å². The molecule has 1 aliphatic rings. The number of anilines is 1. The maximum atomic E-state index is 9.68. The summed E-state index contributed by atoms with van der Waals surface area (Å²) in [6.45, 7) is 2.82. The highest BCUT2D eigenvalue weighted by molar-refractivity contribution is 5.47. The largest absolute Gasteiger partial charge is 0.394 e. The molecule has 6 nitrogen and oxygen atoms in total. The minimum absolute atomic E-state index is 0.0664. The zero-order valence-electron chi connectivity index (χ0n) is 12.3. The highest BCUT2D eigenvalue weighted by atomic mass is 16.3. The van der Waals surface area contributed by atoms with E-state index in [1.165, 1.54) is 0 Å². The van der Waals surface area contributed by atoms with E-state index < -0.39 is 0 Å². The van der Waals surface area contributed by atoms with Gasteiger partial charge >= 0.3 is 0 Å². The van der Waals surface area contributed by atoms with Crippen LogP contribution in [0.15, 0.2) is 30.3 Å². The lowest BCUT2D eigenvalue weighted by Crippen LogP contribution is -2.38. The van der Waals surface area contributed by atoms with Crippen molar-refractivity contribution in [3.8, 4) is 0 Å². The Labute approximate surface area is 124 Å². The lowest BCUT2D eigenvalue weighted by Gasteiger charge is -2.31. The fourth-order valence-corrected chi connectivity index (χ4v) is 2.57. The summed E-state index contributed by atoms with van der Waals surface area (Å²) in [5, 5.41) is 21.8. The maximum Gasteiger partial charge on any atom is 0.170 e. The van der Waals surface area contributed by atoms with E-state index in [0.717, 1.165) is 30.8 Å². The summed E-state index contributed by atoms with van der Waals surface area (Å²) >= 11 is 0. The van der Waals surface area contributed by atoms with Crippen molar-refractivity contribution in [2.75, 3.05) is 11.5 Å². The van der Waals surface area contributed by atoms with Crippen molar-refractivity contribution in [1.29, 1.82) is 0 Å². The number of hydrogen-bond donors (Lipinski definition) is 1. The number of aliphatic hydroxyl groups excluding tert-OH is 1. The third-order valence-electron chi connectivity index (χ3n) is 3.98. The third-order valence-corrected chi connectivity index (χ3v) is 3.98. The zero-order valence-corrected chi connectivity index (χ0v) is 12.3. The van der Waals surface area contributed by atoms with Crippen LogP contribution < -0.4 is 4.90 Å². The van der Waals surface area contributed by atoms with Gasteiger partial charge in [-0.15, -0.1) is 5.10 Å². The topological polar surface area (TPSA) is 67.1 Å². The molecule has 1 aromatic carbocycles. The fourth-order valence-electron chi connectivity index (χ4n) is 2.57. The molecule has 1 fully saturated rings. The average Bonchev–Trinajstić information content (AvgIpc) is 3.27. The molecule has 21 heavy (non-hydrogen) atoms. The lowest BCUT2D eigenvalue weighted by molar-refractivity contribution is 0.254. The first-order valence-electron chi connectivity index (χ1n) is 7.52. The Morgan fingerprint density at radius 2 is 2.10 bits per heavy atom. The van der Waals surface area contributed by atoms with Crippen LogP contribution in [0, 0.1) is 0 Å². The molecule has 1 heterocycles. The van der Waals surface area contributed by atoms with Crippen LogP contribution >= 0.6 is 0 Å². The van der Waals surface area contributed by atoms with Gasteiger partial charge in [-0.3, -0.25) is 0 Å². The number of para-hydroxylation sites is 1.